The Labute approximate surface area is 77.2 Å². The van der Waals surface area contributed by atoms with Gasteiger partial charge in [0.2, 0.25) is 0 Å². The molecule has 70 valence electrons. The molecule has 1 aromatic carbocycles. The largest absolute Gasteiger partial charge is 0.384 e. The molecule has 0 radical (unpaired) electrons. The minimum atomic E-state index is -2.83. The lowest BCUT2D eigenvalue weighted by molar-refractivity contribution is 0.415. The van der Waals surface area contributed by atoms with Crippen LogP contribution in [0.4, 0.5) is 0 Å². The molecule has 2 rings (SSSR count). The van der Waals surface area contributed by atoms with Crippen LogP contribution >= 0.6 is 0 Å². The highest BCUT2D eigenvalue weighted by Crippen LogP contribution is 2.31. The summed E-state index contributed by atoms with van der Waals surface area (Å²) in [6.07, 6.45) is 0.119. The van der Waals surface area contributed by atoms with E-state index in [0.29, 0.717) is 12.4 Å². The lowest BCUT2D eigenvalue weighted by atomic mass is 10.1. The summed E-state index contributed by atoms with van der Waals surface area (Å²) in [5, 5.41) is 0. The van der Waals surface area contributed by atoms with Crippen LogP contribution in [0.5, 0.6) is 5.75 Å². The number of epoxide rings is 1. The van der Waals surface area contributed by atoms with Crippen molar-refractivity contribution in [1.82, 2.24) is 0 Å². The number of benzene rings is 1. The quantitative estimate of drug-likeness (QED) is 0.575. The first kappa shape index (κ1) is 8.52. The van der Waals surface area contributed by atoms with E-state index in [-0.39, 0.29) is 6.10 Å². The lowest BCUT2D eigenvalue weighted by Crippen LogP contribution is -1.90. The molecule has 0 spiro atoms. The minimum Gasteiger partial charge on any atom is -0.384 e. The van der Waals surface area contributed by atoms with Gasteiger partial charge in [-0.2, -0.15) is 8.42 Å². The van der Waals surface area contributed by atoms with Gasteiger partial charge < -0.3 is 8.92 Å². The van der Waals surface area contributed by atoms with E-state index in [2.05, 4.69) is 4.18 Å². The third kappa shape index (κ3) is 2.19. The lowest BCUT2D eigenvalue weighted by Gasteiger charge is -1.99. The van der Waals surface area contributed by atoms with E-state index in [9.17, 15) is 8.42 Å². The molecular weight excluding hydrogens is 192 g/mol. The standard InChI is InChI=1S/C8H8O4S/c9-13(10)12-7-3-1-2-6(4-7)8-5-11-8/h1-4,8,13H,5H2. The summed E-state index contributed by atoms with van der Waals surface area (Å²) in [4.78, 5) is 0. The van der Waals surface area contributed by atoms with Crippen molar-refractivity contribution in [3.63, 3.8) is 0 Å². The molecule has 4 nitrogen and oxygen atoms in total. The molecule has 1 aromatic rings. The first-order valence-electron chi connectivity index (χ1n) is 3.79. The first-order valence-corrected chi connectivity index (χ1v) is 4.89. The molecule has 0 saturated carbocycles. The molecule has 5 heteroatoms. The van der Waals surface area contributed by atoms with Gasteiger partial charge in [0.15, 0.2) is 0 Å². The fraction of sp³-hybridized carbons (Fsp3) is 0.250. The van der Waals surface area contributed by atoms with E-state index in [1.165, 1.54) is 0 Å². The Morgan fingerprint density at radius 3 is 2.85 bits per heavy atom. The van der Waals surface area contributed by atoms with Crippen molar-refractivity contribution in [2.45, 2.75) is 6.10 Å². The Kier molecular flexibility index (Phi) is 2.20. The fourth-order valence-electron chi connectivity index (χ4n) is 1.10. The summed E-state index contributed by atoms with van der Waals surface area (Å²) in [5.74, 6) is 0.337. The van der Waals surface area contributed by atoms with Crippen LogP contribution in [-0.4, -0.2) is 15.0 Å². The Morgan fingerprint density at radius 1 is 1.46 bits per heavy atom. The summed E-state index contributed by atoms with van der Waals surface area (Å²) < 4.78 is 30.1. The number of ether oxygens (including phenoxy) is 1. The number of thiol groups is 1. The zero-order valence-electron chi connectivity index (χ0n) is 6.67. The van der Waals surface area contributed by atoms with Gasteiger partial charge in [-0.3, -0.25) is 0 Å². The third-order valence-corrected chi connectivity index (χ3v) is 2.10. The fourth-order valence-corrected chi connectivity index (χ4v) is 1.38. The zero-order valence-corrected chi connectivity index (χ0v) is 7.57. The highest BCUT2D eigenvalue weighted by atomic mass is 32.2. The molecule has 0 bridgehead atoms. The molecular formula is C8H8O4S. The monoisotopic (exact) mass is 200 g/mol. The minimum absolute atomic E-state index is 0.119. The van der Waals surface area contributed by atoms with Crippen LogP contribution in [0.25, 0.3) is 0 Å². The van der Waals surface area contributed by atoms with Crippen LogP contribution in [0.1, 0.15) is 11.7 Å². The maximum absolute atomic E-state index is 10.2. The van der Waals surface area contributed by atoms with Crippen molar-refractivity contribution in [3.05, 3.63) is 29.8 Å². The zero-order chi connectivity index (χ0) is 9.26. The summed E-state index contributed by atoms with van der Waals surface area (Å²) in [6.45, 7) is 0.701. The molecule has 0 amide bonds. The molecule has 1 atom stereocenters. The Balaban J connectivity index is 2.21. The summed E-state index contributed by atoms with van der Waals surface area (Å²) in [7, 11) is -2.83. The third-order valence-electron chi connectivity index (χ3n) is 1.74. The van der Waals surface area contributed by atoms with Gasteiger partial charge in [-0.15, -0.1) is 0 Å². The molecule has 1 saturated heterocycles. The Morgan fingerprint density at radius 2 is 2.23 bits per heavy atom. The van der Waals surface area contributed by atoms with E-state index in [4.69, 9.17) is 4.74 Å². The highest BCUT2D eigenvalue weighted by Gasteiger charge is 2.24. The predicted molar refractivity (Wildman–Crippen MR) is 46.1 cm³/mol. The molecule has 1 heterocycles. The van der Waals surface area contributed by atoms with Crippen molar-refractivity contribution in [2.24, 2.45) is 0 Å². The molecule has 0 aliphatic carbocycles. The molecule has 1 unspecified atom stereocenters. The van der Waals surface area contributed by atoms with Gasteiger partial charge in [-0.25, -0.2) is 0 Å². The maximum atomic E-state index is 10.2. The maximum Gasteiger partial charge on any atom is 0.299 e. The average Bonchev–Trinajstić information content (AvgIpc) is 2.85. The van der Waals surface area contributed by atoms with E-state index >= 15 is 0 Å². The van der Waals surface area contributed by atoms with Crippen LogP contribution in [0.15, 0.2) is 24.3 Å². The second kappa shape index (κ2) is 3.35. The second-order valence-corrected chi connectivity index (χ2v) is 3.34. The summed E-state index contributed by atoms with van der Waals surface area (Å²) in [6, 6.07) is 6.88. The number of rotatable bonds is 3. The number of hydrogen-bond donors (Lipinski definition) is 1. The number of hydrogen-bond acceptors (Lipinski definition) is 4. The van der Waals surface area contributed by atoms with E-state index < -0.39 is 11.0 Å². The van der Waals surface area contributed by atoms with Crippen molar-refractivity contribution in [1.29, 1.82) is 0 Å². The SMILES string of the molecule is O=[SH](=O)Oc1cccc(C2CO2)c1. The molecule has 1 fully saturated rings. The van der Waals surface area contributed by atoms with Crippen LogP contribution in [0, 0.1) is 0 Å². The molecule has 13 heavy (non-hydrogen) atoms. The van der Waals surface area contributed by atoms with Crippen molar-refractivity contribution in [3.8, 4) is 5.75 Å². The molecule has 1 aliphatic heterocycles. The molecule has 1 aliphatic rings. The normalized spacial score (nSPS) is 20.2. The van der Waals surface area contributed by atoms with Gasteiger partial charge in [0.05, 0.1) is 6.61 Å². The van der Waals surface area contributed by atoms with Crippen molar-refractivity contribution < 1.29 is 17.3 Å². The van der Waals surface area contributed by atoms with Gasteiger partial charge in [-0.1, -0.05) is 12.1 Å². The van der Waals surface area contributed by atoms with Crippen LogP contribution < -0.4 is 4.18 Å². The first-order chi connectivity index (χ1) is 6.25. The highest BCUT2D eigenvalue weighted by molar-refractivity contribution is 7.67. The smallest absolute Gasteiger partial charge is 0.299 e. The van der Waals surface area contributed by atoms with Crippen LogP contribution in [-0.2, 0) is 15.7 Å². The average molecular weight is 200 g/mol. The van der Waals surface area contributed by atoms with E-state index in [1.807, 2.05) is 6.07 Å². The predicted octanol–water partition coefficient (Wildman–Crippen LogP) is 0.663. The summed E-state index contributed by atoms with van der Waals surface area (Å²) in [5.41, 5.74) is 0.953. The Bertz CT molecular complexity index is 373. The van der Waals surface area contributed by atoms with Gasteiger partial charge in [-0.05, 0) is 17.7 Å². The van der Waals surface area contributed by atoms with Crippen molar-refractivity contribution >= 4 is 11.0 Å². The van der Waals surface area contributed by atoms with Crippen LogP contribution in [0.2, 0.25) is 0 Å². The molecule has 0 N–H and O–H groups in total. The summed E-state index contributed by atoms with van der Waals surface area (Å²) >= 11 is 0. The Hall–Kier alpha value is -1.07. The molecule has 0 aromatic heterocycles. The van der Waals surface area contributed by atoms with E-state index in [1.54, 1.807) is 18.2 Å². The van der Waals surface area contributed by atoms with Gasteiger partial charge >= 0.3 is 0 Å². The van der Waals surface area contributed by atoms with E-state index in [0.717, 1.165) is 5.56 Å². The van der Waals surface area contributed by atoms with Gasteiger partial charge in [0, 0.05) is 0 Å². The van der Waals surface area contributed by atoms with Gasteiger partial charge in [0.25, 0.3) is 11.0 Å². The van der Waals surface area contributed by atoms with Crippen molar-refractivity contribution in [2.75, 3.05) is 6.61 Å². The topological polar surface area (TPSA) is 55.9 Å². The van der Waals surface area contributed by atoms with Gasteiger partial charge in [0.1, 0.15) is 11.9 Å². The van der Waals surface area contributed by atoms with Crippen LogP contribution in [0.3, 0.4) is 0 Å². The second-order valence-electron chi connectivity index (χ2n) is 2.71.